The fourth-order valence-electron chi connectivity index (χ4n) is 6.28. The van der Waals surface area contributed by atoms with Crippen molar-refractivity contribution in [2.45, 2.75) is 64.7 Å². The molecule has 2 atom stereocenters. The molecule has 6 rings (SSSR count). The second-order valence-corrected chi connectivity index (χ2v) is 9.72. The average Bonchev–Trinajstić information content (AvgIpc) is 3.26. The largest absolute Gasteiger partial charge is 0.458 e. The number of aliphatic hydroxyl groups is 2. The second kappa shape index (κ2) is 9.31. The number of benzene rings is 1. The summed E-state index contributed by atoms with van der Waals surface area (Å²) in [5.41, 5.74) is 4.29. The molecule has 2 aliphatic heterocycles. The van der Waals surface area contributed by atoms with E-state index >= 15 is 0 Å². The fourth-order valence-corrected chi connectivity index (χ4v) is 6.28. The molecule has 0 amide bonds. The quantitative estimate of drug-likeness (QED) is 0.406. The summed E-state index contributed by atoms with van der Waals surface area (Å²) in [5.74, 6) is -1.14. The number of aryl methyl sites for hydroxylation is 1. The van der Waals surface area contributed by atoms with E-state index < -0.39 is 17.5 Å². The highest BCUT2D eigenvalue weighted by Gasteiger charge is 2.43. The number of rotatable bonds is 4. The number of carbonyl (C=O) groups is 1. The zero-order valence-electron chi connectivity index (χ0n) is 21.5. The molecule has 0 spiro atoms. The number of halogens is 1. The van der Waals surface area contributed by atoms with Crippen LogP contribution in [0.3, 0.4) is 0 Å². The lowest BCUT2D eigenvalue weighted by Gasteiger charge is -2.40. The molecule has 0 bridgehead atoms. The van der Waals surface area contributed by atoms with Crippen molar-refractivity contribution in [3.8, 4) is 11.4 Å². The number of esters is 1. The van der Waals surface area contributed by atoms with Gasteiger partial charge in [-0.1, -0.05) is 13.8 Å². The van der Waals surface area contributed by atoms with Gasteiger partial charge in [-0.05, 0) is 48.9 Å². The Kier molecular flexibility index (Phi) is 6.42. The molecular weight excluding hydrogens is 479 g/mol. The van der Waals surface area contributed by atoms with Crippen LogP contribution in [-0.2, 0) is 39.3 Å². The summed E-state index contributed by atoms with van der Waals surface area (Å²) in [5, 5.41) is 21.3. The van der Waals surface area contributed by atoms with Crippen LogP contribution in [0.15, 0.2) is 16.9 Å². The number of nitrogens with zero attached hydrogens (tertiary/aromatic N) is 2. The van der Waals surface area contributed by atoms with Crippen LogP contribution in [0.1, 0.15) is 66.2 Å². The molecule has 8 nitrogen and oxygen atoms in total. The number of hydrogen-bond acceptors (Lipinski definition) is 7. The summed E-state index contributed by atoms with van der Waals surface area (Å²) >= 11 is 0. The predicted octanol–water partition coefficient (Wildman–Crippen LogP) is 3.20. The zero-order chi connectivity index (χ0) is 26.6. The smallest absolute Gasteiger partial charge is 0.340 e. The van der Waals surface area contributed by atoms with Crippen molar-refractivity contribution < 1.29 is 28.9 Å². The highest BCUT2D eigenvalue weighted by Crippen LogP contribution is 2.49. The van der Waals surface area contributed by atoms with E-state index in [0.717, 1.165) is 22.1 Å². The standard InChI is InChI=1S/C26H25FN2O6.C2H6/c1-12-13-3-4-26(5-6-30,11-34-2)21-15-9-29-19(22(15)28-18(20(13)21)8-17(12)27)7-14-16(24(29)32)10-35-25(33)23(14)31;1-2/h7-8,23,30-31H,3-6,9-11H2,1-2H3;1-2H3. The van der Waals surface area contributed by atoms with Crippen LogP contribution in [-0.4, -0.2) is 46.1 Å². The number of carbonyl (C=O) groups excluding carboxylic acids is 1. The minimum Gasteiger partial charge on any atom is -0.458 e. The summed E-state index contributed by atoms with van der Waals surface area (Å²) < 4.78 is 27.1. The lowest BCUT2D eigenvalue weighted by molar-refractivity contribution is -0.157. The summed E-state index contributed by atoms with van der Waals surface area (Å²) in [6.45, 7) is 6.12. The molecule has 0 saturated carbocycles. The molecule has 1 aromatic carbocycles. The van der Waals surface area contributed by atoms with Crippen LogP contribution < -0.4 is 5.56 Å². The number of fused-ring (bicyclic) bond motifs is 5. The van der Waals surface area contributed by atoms with Gasteiger partial charge < -0.3 is 24.3 Å². The molecule has 9 heteroatoms. The number of aromatic nitrogens is 2. The topological polar surface area (TPSA) is 111 Å². The third kappa shape index (κ3) is 3.55. The Morgan fingerprint density at radius 2 is 2.00 bits per heavy atom. The molecule has 0 radical (unpaired) electrons. The van der Waals surface area contributed by atoms with E-state index in [0.29, 0.717) is 48.3 Å². The first-order valence-corrected chi connectivity index (χ1v) is 12.7. The van der Waals surface area contributed by atoms with E-state index in [4.69, 9.17) is 14.5 Å². The van der Waals surface area contributed by atoms with Gasteiger partial charge in [-0.25, -0.2) is 14.2 Å². The Labute approximate surface area is 213 Å². The molecule has 4 heterocycles. The molecule has 2 unspecified atom stereocenters. The number of aliphatic hydroxyl groups excluding tert-OH is 2. The van der Waals surface area contributed by atoms with E-state index in [2.05, 4.69) is 0 Å². The maximum atomic E-state index is 14.9. The van der Waals surface area contributed by atoms with Gasteiger partial charge in [0, 0.05) is 41.7 Å². The van der Waals surface area contributed by atoms with Crippen LogP contribution in [0.25, 0.3) is 22.3 Å². The van der Waals surface area contributed by atoms with Crippen LogP contribution in [0.4, 0.5) is 4.39 Å². The summed E-state index contributed by atoms with van der Waals surface area (Å²) in [6.07, 6.45) is 0.191. The van der Waals surface area contributed by atoms with E-state index in [1.807, 2.05) is 13.8 Å². The fraction of sp³-hybridized carbons (Fsp3) is 0.464. The molecule has 3 aromatic rings. The maximum Gasteiger partial charge on any atom is 0.340 e. The molecular formula is C28H31FN2O6. The number of hydrogen-bond donors (Lipinski definition) is 2. The average molecular weight is 511 g/mol. The van der Waals surface area contributed by atoms with Gasteiger partial charge in [0.05, 0.1) is 35.6 Å². The molecule has 1 aliphatic carbocycles. The lowest BCUT2D eigenvalue weighted by Crippen LogP contribution is -2.38. The number of cyclic esters (lactones) is 1. The number of pyridine rings is 2. The van der Waals surface area contributed by atoms with E-state index in [1.54, 1.807) is 24.7 Å². The van der Waals surface area contributed by atoms with Gasteiger partial charge in [-0.2, -0.15) is 0 Å². The Bertz CT molecular complexity index is 1490. The second-order valence-electron chi connectivity index (χ2n) is 9.72. The van der Waals surface area contributed by atoms with Gasteiger partial charge in [0.2, 0.25) is 0 Å². The van der Waals surface area contributed by atoms with Crippen LogP contribution in [0.5, 0.6) is 0 Å². The Morgan fingerprint density at radius 1 is 1.24 bits per heavy atom. The monoisotopic (exact) mass is 510 g/mol. The third-order valence-corrected chi connectivity index (χ3v) is 7.97. The van der Waals surface area contributed by atoms with E-state index in [9.17, 15) is 24.2 Å². The predicted molar refractivity (Wildman–Crippen MR) is 135 cm³/mol. The van der Waals surface area contributed by atoms with Crippen LogP contribution in [0.2, 0.25) is 0 Å². The van der Waals surface area contributed by atoms with Crippen LogP contribution >= 0.6 is 0 Å². The van der Waals surface area contributed by atoms with E-state index in [-0.39, 0.29) is 42.3 Å². The molecule has 0 fully saturated rings. The molecule has 2 N–H and O–H groups in total. The normalized spacial score (nSPS) is 21.1. The van der Waals surface area contributed by atoms with Crippen molar-refractivity contribution in [2.75, 3.05) is 20.3 Å². The van der Waals surface area contributed by atoms with Crippen molar-refractivity contribution >= 4 is 16.9 Å². The van der Waals surface area contributed by atoms with Crippen molar-refractivity contribution in [3.63, 3.8) is 0 Å². The summed E-state index contributed by atoms with van der Waals surface area (Å²) in [6, 6.07) is 3.04. The third-order valence-electron chi connectivity index (χ3n) is 7.97. The zero-order valence-corrected chi connectivity index (χ0v) is 21.5. The highest BCUT2D eigenvalue weighted by molar-refractivity contribution is 5.93. The van der Waals surface area contributed by atoms with Gasteiger partial charge in [-0.3, -0.25) is 4.79 Å². The van der Waals surface area contributed by atoms with Gasteiger partial charge in [0.15, 0.2) is 6.10 Å². The molecule has 196 valence electrons. The SMILES string of the molecule is CC.COCC1(CCO)CCc2c(C)c(F)cc3nc4c(c1c23)Cn1c-4cc2c(c1=O)COC(=O)C2O. The van der Waals surface area contributed by atoms with Gasteiger partial charge >= 0.3 is 5.97 Å². The molecule has 2 aromatic heterocycles. The number of methoxy groups -OCH3 is 1. The first kappa shape index (κ1) is 25.5. The van der Waals surface area contributed by atoms with Crippen LogP contribution in [0, 0.1) is 12.7 Å². The highest BCUT2D eigenvalue weighted by atomic mass is 19.1. The molecule has 0 saturated heterocycles. The van der Waals surface area contributed by atoms with Gasteiger partial charge in [-0.15, -0.1) is 0 Å². The number of ether oxygens (including phenoxy) is 2. The summed E-state index contributed by atoms with van der Waals surface area (Å²) in [7, 11) is 1.62. The minimum atomic E-state index is -1.55. The van der Waals surface area contributed by atoms with Crippen molar-refractivity contribution in [1.82, 2.24) is 9.55 Å². The first-order chi connectivity index (χ1) is 17.8. The Balaban J connectivity index is 0.00000137. The first-order valence-electron chi connectivity index (χ1n) is 12.7. The van der Waals surface area contributed by atoms with Crippen molar-refractivity contribution in [1.29, 1.82) is 0 Å². The van der Waals surface area contributed by atoms with Gasteiger partial charge in [0.25, 0.3) is 5.56 Å². The minimum absolute atomic E-state index is 0.0513. The Hall–Kier alpha value is -3.14. The van der Waals surface area contributed by atoms with Crippen molar-refractivity contribution in [3.05, 3.63) is 61.7 Å². The summed E-state index contributed by atoms with van der Waals surface area (Å²) in [4.78, 5) is 30.2. The van der Waals surface area contributed by atoms with Crippen molar-refractivity contribution in [2.24, 2.45) is 0 Å². The Morgan fingerprint density at radius 3 is 2.70 bits per heavy atom. The van der Waals surface area contributed by atoms with E-state index in [1.165, 1.54) is 6.07 Å². The molecule has 37 heavy (non-hydrogen) atoms. The maximum absolute atomic E-state index is 14.9. The lowest BCUT2D eigenvalue weighted by atomic mass is 9.66. The molecule has 3 aliphatic rings. The van der Waals surface area contributed by atoms with Gasteiger partial charge in [0.1, 0.15) is 12.4 Å².